The van der Waals surface area contributed by atoms with Gasteiger partial charge in [-0.15, -0.1) is 0 Å². The van der Waals surface area contributed by atoms with Crippen LogP contribution in [0.2, 0.25) is 0 Å². The summed E-state index contributed by atoms with van der Waals surface area (Å²) in [7, 11) is 0. The van der Waals surface area contributed by atoms with Crippen molar-refractivity contribution in [1.82, 2.24) is 5.32 Å². The molecule has 3 N–H and O–H groups in total. The van der Waals surface area contributed by atoms with E-state index < -0.39 is 0 Å². The van der Waals surface area contributed by atoms with Gasteiger partial charge in [0.25, 0.3) is 0 Å². The predicted molar refractivity (Wildman–Crippen MR) is 69.7 cm³/mol. The molecule has 0 heterocycles. The summed E-state index contributed by atoms with van der Waals surface area (Å²) in [4.78, 5) is 0. The van der Waals surface area contributed by atoms with Crippen molar-refractivity contribution in [1.29, 1.82) is 0 Å². The topological polar surface area (TPSA) is 61.7 Å². The first-order chi connectivity index (χ1) is 8.83. The molecule has 100 valence electrons. The standard InChI is InChI=1S/C14H21NO3/c16-8-10-18-9-2-7-15-13-6-5-12-11(13)3-1-4-14(12)17/h1,3-4,13,15-17H,2,5-10H2. The zero-order chi connectivity index (χ0) is 12.8. The molecule has 0 bridgehead atoms. The van der Waals surface area contributed by atoms with E-state index in [1.54, 1.807) is 6.07 Å². The van der Waals surface area contributed by atoms with Gasteiger partial charge in [-0.1, -0.05) is 12.1 Å². The lowest BCUT2D eigenvalue weighted by Gasteiger charge is -2.14. The van der Waals surface area contributed by atoms with E-state index in [1.807, 2.05) is 6.07 Å². The van der Waals surface area contributed by atoms with Crippen LogP contribution in [-0.4, -0.2) is 36.6 Å². The van der Waals surface area contributed by atoms with Crippen molar-refractivity contribution in [3.63, 3.8) is 0 Å². The highest BCUT2D eigenvalue weighted by Gasteiger charge is 2.23. The van der Waals surface area contributed by atoms with Gasteiger partial charge in [0.05, 0.1) is 13.2 Å². The Morgan fingerprint density at radius 2 is 2.22 bits per heavy atom. The van der Waals surface area contributed by atoms with Crippen LogP contribution >= 0.6 is 0 Å². The summed E-state index contributed by atoms with van der Waals surface area (Å²) in [6.45, 7) is 2.07. The zero-order valence-electron chi connectivity index (χ0n) is 10.6. The first-order valence-electron chi connectivity index (χ1n) is 6.55. The minimum absolute atomic E-state index is 0.0860. The Kier molecular flexibility index (Phi) is 4.99. The SMILES string of the molecule is OCCOCCCNC1CCc2c(O)cccc21. The number of aliphatic hydroxyl groups excluding tert-OH is 1. The van der Waals surface area contributed by atoms with Crippen LogP contribution in [0.5, 0.6) is 5.75 Å². The molecule has 1 aliphatic carbocycles. The smallest absolute Gasteiger partial charge is 0.119 e. The lowest BCUT2D eigenvalue weighted by atomic mass is 10.1. The average molecular weight is 251 g/mol. The van der Waals surface area contributed by atoms with E-state index in [0.29, 0.717) is 25.0 Å². The number of hydrogen-bond acceptors (Lipinski definition) is 4. The predicted octanol–water partition coefficient (Wildman–Crippen LogP) is 1.37. The van der Waals surface area contributed by atoms with E-state index >= 15 is 0 Å². The minimum atomic E-state index is 0.0860. The molecule has 2 rings (SSSR count). The van der Waals surface area contributed by atoms with Crippen molar-refractivity contribution in [3.05, 3.63) is 29.3 Å². The third kappa shape index (κ3) is 3.22. The number of benzene rings is 1. The fraction of sp³-hybridized carbons (Fsp3) is 0.571. The monoisotopic (exact) mass is 251 g/mol. The quantitative estimate of drug-likeness (QED) is 0.640. The Hall–Kier alpha value is -1.10. The highest BCUT2D eigenvalue weighted by Crippen LogP contribution is 2.35. The van der Waals surface area contributed by atoms with Crippen molar-refractivity contribution < 1.29 is 14.9 Å². The Bertz CT molecular complexity index is 381. The number of phenols is 1. The van der Waals surface area contributed by atoms with Crippen molar-refractivity contribution in [2.75, 3.05) is 26.4 Å². The summed E-state index contributed by atoms with van der Waals surface area (Å²) < 4.78 is 5.21. The van der Waals surface area contributed by atoms with E-state index in [4.69, 9.17) is 9.84 Å². The zero-order valence-corrected chi connectivity index (χ0v) is 10.6. The number of aliphatic hydroxyl groups is 1. The maximum absolute atomic E-state index is 9.75. The fourth-order valence-corrected chi connectivity index (χ4v) is 2.46. The molecule has 4 nitrogen and oxygen atoms in total. The summed E-state index contributed by atoms with van der Waals surface area (Å²) in [5, 5.41) is 21.8. The minimum Gasteiger partial charge on any atom is -0.508 e. The third-order valence-electron chi connectivity index (χ3n) is 3.34. The molecule has 0 spiro atoms. The molecule has 0 fully saturated rings. The van der Waals surface area contributed by atoms with Gasteiger partial charge < -0.3 is 20.3 Å². The fourth-order valence-electron chi connectivity index (χ4n) is 2.46. The van der Waals surface area contributed by atoms with Crippen LogP contribution in [0.1, 0.15) is 30.0 Å². The largest absolute Gasteiger partial charge is 0.508 e. The lowest BCUT2D eigenvalue weighted by Crippen LogP contribution is -2.21. The highest BCUT2D eigenvalue weighted by molar-refractivity contribution is 5.44. The molecule has 0 aliphatic heterocycles. The molecular formula is C14H21NO3. The second kappa shape index (κ2) is 6.73. The molecule has 1 aliphatic rings. The molecule has 1 unspecified atom stereocenters. The summed E-state index contributed by atoms with van der Waals surface area (Å²) in [6, 6.07) is 6.09. The van der Waals surface area contributed by atoms with Gasteiger partial charge in [0.2, 0.25) is 0 Å². The molecular weight excluding hydrogens is 230 g/mol. The van der Waals surface area contributed by atoms with Crippen LogP contribution in [-0.2, 0) is 11.2 Å². The van der Waals surface area contributed by atoms with Crippen LogP contribution in [0.15, 0.2) is 18.2 Å². The number of hydrogen-bond donors (Lipinski definition) is 3. The average Bonchev–Trinajstić information content (AvgIpc) is 2.79. The molecule has 0 saturated heterocycles. The Morgan fingerprint density at radius 3 is 3.06 bits per heavy atom. The summed E-state index contributed by atoms with van der Waals surface area (Å²) >= 11 is 0. The van der Waals surface area contributed by atoms with Crippen molar-refractivity contribution >= 4 is 0 Å². The maximum Gasteiger partial charge on any atom is 0.119 e. The van der Waals surface area contributed by atoms with E-state index in [1.165, 1.54) is 5.56 Å². The molecule has 4 heteroatoms. The van der Waals surface area contributed by atoms with Gasteiger partial charge in [0.15, 0.2) is 0 Å². The van der Waals surface area contributed by atoms with Gasteiger partial charge >= 0.3 is 0 Å². The first-order valence-corrected chi connectivity index (χ1v) is 6.55. The Balaban J connectivity index is 1.75. The molecule has 0 radical (unpaired) electrons. The van der Waals surface area contributed by atoms with E-state index in [2.05, 4.69) is 11.4 Å². The van der Waals surface area contributed by atoms with Gasteiger partial charge in [0.1, 0.15) is 5.75 Å². The number of aromatic hydroxyl groups is 1. The Morgan fingerprint density at radius 1 is 1.33 bits per heavy atom. The molecule has 0 aromatic heterocycles. The second-order valence-corrected chi connectivity index (χ2v) is 4.58. The van der Waals surface area contributed by atoms with Crippen LogP contribution in [0, 0.1) is 0 Å². The molecule has 0 saturated carbocycles. The van der Waals surface area contributed by atoms with Crippen LogP contribution in [0.25, 0.3) is 0 Å². The van der Waals surface area contributed by atoms with Gasteiger partial charge in [-0.05, 0) is 43.0 Å². The third-order valence-corrected chi connectivity index (χ3v) is 3.34. The summed E-state index contributed by atoms with van der Waals surface area (Å²) in [5.41, 5.74) is 2.32. The molecule has 1 aromatic rings. The molecule has 1 aromatic carbocycles. The number of nitrogens with one attached hydrogen (secondary N) is 1. The normalized spacial score (nSPS) is 17.9. The summed E-state index contributed by atoms with van der Waals surface area (Å²) in [5.74, 6) is 0.420. The lowest BCUT2D eigenvalue weighted by molar-refractivity contribution is 0.0904. The van der Waals surface area contributed by atoms with Gasteiger partial charge in [0, 0.05) is 12.6 Å². The van der Waals surface area contributed by atoms with Crippen molar-refractivity contribution in [2.45, 2.75) is 25.3 Å². The molecule has 0 amide bonds. The molecule has 1 atom stereocenters. The Labute approximate surface area is 108 Å². The van der Waals surface area contributed by atoms with Crippen LogP contribution in [0.4, 0.5) is 0 Å². The van der Waals surface area contributed by atoms with Crippen molar-refractivity contribution in [3.8, 4) is 5.75 Å². The van der Waals surface area contributed by atoms with E-state index in [9.17, 15) is 5.11 Å². The van der Waals surface area contributed by atoms with Gasteiger partial charge in [-0.2, -0.15) is 0 Å². The number of ether oxygens (including phenoxy) is 1. The number of phenolic OH excluding ortho intramolecular Hbond substituents is 1. The van der Waals surface area contributed by atoms with Crippen LogP contribution < -0.4 is 5.32 Å². The van der Waals surface area contributed by atoms with Gasteiger partial charge in [-0.3, -0.25) is 0 Å². The first kappa shape index (κ1) is 13.3. The summed E-state index contributed by atoms with van der Waals surface area (Å²) in [6.07, 6.45) is 2.93. The maximum atomic E-state index is 9.75. The van der Waals surface area contributed by atoms with E-state index in [0.717, 1.165) is 31.4 Å². The highest BCUT2D eigenvalue weighted by atomic mass is 16.5. The van der Waals surface area contributed by atoms with Gasteiger partial charge in [-0.25, -0.2) is 0 Å². The van der Waals surface area contributed by atoms with Crippen LogP contribution in [0.3, 0.4) is 0 Å². The number of rotatable bonds is 7. The number of fused-ring (bicyclic) bond motifs is 1. The van der Waals surface area contributed by atoms with Crippen molar-refractivity contribution in [2.24, 2.45) is 0 Å². The molecule has 18 heavy (non-hydrogen) atoms. The second-order valence-electron chi connectivity index (χ2n) is 4.58. The van der Waals surface area contributed by atoms with E-state index in [-0.39, 0.29) is 6.61 Å².